The van der Waals surface area contributed by atoms with E-state index in [1.165, 1.54) is 0 Å². The molecule has 0 spiro atoms. The average molecular weight is 310 g/mol. The van der Waals surface area contributed by atoms with Gasteiger partial charge in [0.1, 0.15) is 0 Å². The van der Waals surface area contributed by atoms with Crippen molar-refractivity contribution in [1.29, 1.82) is 0 Å². The summed E-state index contributed by atoms with van der Waals surface area (Å²) in [4.78, 5) is 26.3. The smallest absolute Gasteiger partial charge is 0.230 e. The minimum Gasteiger partial charge on any atom is -0.389 e. The van der Waals surface area contributed by atoms with Gasteiger partial charge in [-0.05, 0) is 25.7 Å². The lowest BCUT2D eigenvalue weighted by Gasteiger charge is -2.33. The molecular weight excluding hydrogens is 280 g/mol. The first kappa shape index (κ1) is 17.3. The molecule has 0 aromatic carbocycles. The van der Waals surface area contributed by atoms with E-state index in [0.29, 0.717) is 19.4 Å². The van der Waals surface area contributed by atoms with Crippen LogP contribution in [0.25, 0.3) is 0 Å². The molecule has 22 heavy (non-hydrogen) atoms. The molecule has 2 aliphatic rings. The van der Waals surface area contributed by atoms with Gasteiger partial charge in [0, 0.05) is 20.6 Å². The molecule has 0 saturated heterocycles. The van der Waals surface area contributed by atoms with Crippen LogP contribution in [0.1, 0.15) is 64.2 Å². The van der Waals surface area contributed by atoms with Gasteiger partial charge < -0.3 is 15.3 Å². The zero-order valence-electron chi connectivity index (χ0n) is 14.0. The molecular formula is C17H30N2O3. The van der Waals surface area contributed by atoms with Gasteiger partial charge in [-0.3, -0.25) is 9.59 Å². The molecule has 5 nitrogen and oxygen atoms in total. The van der Waals surface area contributed by atoms with Gasteiger partial charge in [-0.1, -0.05) is 32.1 Å². The summed E-state index contributed by atoms with van der Waals surface area (Å²) in [6.45, 7) is 0.402. The molecule has 2 fully saturated rings. The summed E-state index contributed by atoms with van der Waals surface area (Å²) in [5.74, 6) is -0.0103. The van der Waals surface area contributed by atoms with Crippen LogP contribution in [-0.4, -0.2) is 48.1 Å². The van der Waals surface area contributed by atoms with E-state index < -0.39 is 11.0 Å². The van der Waals surface area contributed by atoms with Crippen LogP contribution in [0.4, 0.5) is 0 Å². The SMILES string of the molecule is CN(C)C(=O)C1(CNC(=O)CC2(O)CCCCC2)CCCC1. The van der Waals surface area contributed by atoms with Crippen LogP contribution in [0, 0.1) is 5.41 Å². The van der Waals surface area contributed by atoms with Gasteiger partial charge in [-0.15, -0.1) is 0 Å². The Morgan fingerprint density at radius 2 is 1.55 bits per heavy atom. The van der Waals surface area contributed by atoms with E-state index in [4.69, 9.17) is 0 Å². The molecule has 2 saturated carbocycles. The van der Waals surface area contributed by atoms with Crippen LogP contribution >= 0.6 is 0 Å². The minimum atomic E-state index is -0.837. The fraction of sp³-hybridized carbons (Fsp3) is 0.882. The van der Waals surface area contributed by atoms with Crippen molar-refractivity contribution >= 4 is 11.8 Å². The predicted molar refractivity (Wildman–Crippen MR) is 85.3 cm³/mol. The second kappa shape index (κ2) is 6.99. The summed E-state index contributed by atoms with van der Waals surface area (Å²) in [5, 5.41) is 13.4. The van der Waals surface area contributed by atoms with E-state index in [0.717, 1.165) is 44.9 Å². The fourth-order valence-corrected chi connectivity index (χ4v) is 4.01. The number of rotatable bonds is 5. The van der Waals surface area contributed by atoms with Gasteiger partial charge in [0.25, 0.3) is 0 Å². The largest absolute Gasteiger partial charge is 0.389 e. The molecule has 126 valence electrons. The van der Waals surface area contributed by atoms with Crippen molar-refractivity contribution in [2.24, 2.45) is 5.41 Å². The Hall–Kier alpha value is -1.10. The molecule has 2 amide bonds. The van der Waals surface area contributed by atoms with Crippen molar-refractivity contribution in [1.82, 2.24) is 10.2 Å². The van der Waals surface area contributed by atoms with Crippen molar-refractivity contribution in [2.75, 3.05) is 20.6 Å². The maximum atomic E-state index is 12.5. The van der Waals surface area contributed by atoms with Crippen molar-refractivity contribution < 1.29 is 14.7 Å². The zero-order valence-corrected chi connectivity index (χ0v) is 14.0. The molecule has 0 heterocycles. The number of carbonyl (C=O) groups excluding carboxylic acids is 2. The number of amides is 2. The molecule has 0 atom stereocenters. The third kappa shape index (κ3) is 4.00. The van der Waals surface area contributed by atoms with Crippen molar-refractivity contribution in [3.63, 3.8) is 0 Å². The predicted octanol–water partition coefficient (Wildman–Crippen LogP) is 1.84. The van der Waals surface area contributed by atoms with E-state index in [1.54, 1.807) is 19.0 Å². The van der Waals surface area contributed by atoms with Crippen molar-refractivity contribution in [3.8, 4) is 0 Å². The van der Waals surface area contributed by atoms with Crippen LogP contribution in [0.2, 0.25) is 0 Å². The zero-order chi connectivity index (χ0) is 16.2. The Morgan fingerprint density at radius 1 is 1.00 bits per heavy atom. The molecule has 0 aromatic heterocycles. The highest BCUT2D eigenvalue weighted by Gasteiger charge is 2.42. The Bertz CT molecular complexity index is 408. The lowest BCUT2D eigenvalue weighted by atomic mass is 9.81. The monoisotopic (exact) mass is 310 g/mol. The van der Waals surface area contributed by atoms with Crippen LogP contribution in [0.5, 0.6) is 0 Å². The van der Waals surface area contributed by atoms with Crippen molar-refractivity contribution in [2.45, 2.75) is 69.8 Å². The quantitative estimate of drug-likeness (QED) is 0.814. The summed E-state index contributed by atoms with van der Waals surface area (Å²) in [5.41, 5.74) is -1.27. The fourth-order valence-electron chi connectivity index (χ4n) is 4.01. The second-order valence-electron chi connectivity index (χ2n) is 7.43. The maximum absolute atomic E-state index is 12.5. The molecule has 5 heteroatoms. The molecule has 0 bridgehead atoms. The standard InChI is InChI=1S/C17H30N2O3/c1-19(2)15(21)16(8-6-7-9-16)13-18-14(20)12-17(22)10-4-3-5-11-17/h22H,3-13H2,1-2H3,(H,18,20). The Labute approximate surface area is 133 Å². The summed E-state index contributed by atoms with van der Waals surface area (Å²) in [7, 11) is 3.55. The third-order valence-corrected chi connectivity index (χ3v) is 5.32. The highest BCUT2D eigenvalue weighted by molar-refractivity contribution is 5.84. The number of aliphatic hydroxyl groups is 1. The summed E-state index contributed by atoms with van der Waals surface area (Å²) in [6.07, 6.45) is 8.48. The van der Waals surface area contributed by atoms with E-state index in [1.807, 2.05) is 0 Å². The molecule has 2 N–H and O–H groups in total. The molecule has 0 aliphatic heterocycles. The van der Waals surface area contributed by atoms with Gasteiger partial charge in [-0.25, -0.2) is 0 Å². The molecule has 2 aliphatic carbocycles. The first-order valence-electron chi connectivity index (χ1n) is 8.58. The lowest BCUT2D eigenvalue weighted by molar-refractivity contribution is -0.139. The maximum Gasteiger partial charge on any atom is 0.230 e. The normalized spacial score (nSPS) is 23.0. The highest BCUT2D eigenvalue weighted by Crippen LogP contribution is 2.39. The van der Waals surface area contributed by atoms with Gasteiger partial charge in [0.05, 0.1) is 17.4 Å². The van der Waals surface area contributed by atoms with E-state index in [-0.39, 0.29) is 18.2 Å². The Kier molecular flexibility index (Phi) is 5.48. The molecule has 0 unspecified atom stereocenters. The summed E-state index contributed by atoms with van der Waals surface area (Å²) < 4.78 is 0. The summed E-state index contributed by atoms with van der Waals surface area (Å²) >= 11 is 0. The van der Waals surface area contributed by atoms with Crippen LogP contribution in [-0.2, 0) is 9.59 Å². The second-order valence-corrected chi connectivity index (χ2v) is 7.43. The van der Waals surface area contributed by atoms with E-state index in [2.05, 4.69) is 5.32 Å². The number of nitrogens with one attached hydrogen (secondary N) is 1. The summed E-state index contributed by atoms with van der Waals surface area (Å²) in [6, 6.07) is 0. The number of hydrogen-bond acceptors (Lipinski definition) is 3. The van der Waals surface area contributed by atoms with Crippen LogP contribution in [0.15, 0.2) is 0 Å². The number of hydrogen-bond donors (Lipinski definition) is 2. The third-order valence-electron chi connectivity index (χ3n) is 5.32. The number of carbonyl (C=O) groups is 2. The first-order chi connectivity index (χ1) is 10.4. The Balaban J connectivity index is 1.89. The molecule has 0 radical (unpaired) electrons. The number of nitrogens with zero attached hydrogens (tertiary/aromatic N) is 1. The average Bonchev–Trinajstić information content (AvgIpc) is 2.94. The van der Waals surface area contributed by atoms with Gasteiger partial charge in [0.15, 0.2) is 0 Å². The molecule has 0 aromatic rings. The van der Waals surface area contributed by atoms with E-state index >= 15 is 0 Å². The topological polar surface area (TPSA) is 69.6 Å². The first-order valence-corrected chi connectivity index (χ1v) is 8.58. The van der Waals surface area contributed by atoms with Crippen LogP contribution in [0.3, 0.4) is 0 Å². The van der Waals surface area contributed by atoms with Gasteiger partial charge in [-0.2, -0.15) is 0 Å². The van der Waals surface area contributed by atoms with Crippen molar-refractivity contribution in [3.05, 3.63) is 0 Å². The molecule has 2 rings (SSSR count). The lowest BCUT2D eigenvalue weighted by Crippen LogP contribution is -2.48. The van der Waals surface area contributed by atoms with Crippen LogP contribution < -0.4 is 5.32 Å². The minimum absolute atomic E-state index is 0.113. The highest BCUT2D eigenvalue weighted by atomic mass is 16.3. The van der Waals surface area contributed by atoms with Gasteiger partial charge in [0.2, 0.25) is 11.8 Å². The Morgan fingerprint density at radius 3 is 2.09 bits per heavy atom. The van der Waals surface area contributed by atoms with Gasteiger partial charge >= 0.3 is 0 Å². The van der Waals surface area contributed by atoms with E-state index in [9.17, 15) is 14.7 Å².